The van der Waals surface area contributed by atoms with Gasteiger partial charge in [-0.15, -0.1) is 5.73 Å². The SMILES string of the molecule is C=C(C1=C=CCC(N)=C1)C(C)C. The van der Waals surface area contributed by atoms with Crippen molar-refractivity contribution >= 4 is 0 Å². The molecule has 0 unspecified atom stereocenters. The van der Waals surface area contributed by atoms with Crippen LogP contribution in [0.2, 0.25) is 0 Å². The fraction of sp³-hybridized carbons (Fsp3) is 0.364. The van der Waals surface area contributed by atoms with Gasteiger partial charge in [-0.3, -0.25) is 0 Å². The summed E-state index contributed by atoms with van der Waals surface area (Å²) in [7, 11) is 0. The minimum atomic E-state index is 0.461. The summed E-state index contributed by atoms with van der Waals surface area (Å²) in [5.41, 5.74) is 11.9. The second-order valence-electron chi connectivity index (χ2n) is 3.37. The van der Waals surface area contributed by atoms with Crippen molar-refractivity contribution in [2.45, 2.75) is 20.3 Å². The van der Waals surface area contributed by atoms with Crippen LogP contribution < -0.4 is 5.73 Å². The molecule has 1 aliphatic carbocycles. The van der Waals surface area contributed by atoms with Gasteiger partial charge in [0.05, 0.1) is 0 Å². The lowest BCUT2D eigenvalue weighted by Gasteiger charge is -2.11. The Morgan fingerprint density at radius 3 is 2.83 bits per heavy atom. The van der Waals surface area contributed by atoms with Crippen molar-refractivity contribution in [1.29, 1.82) is 0 Å². The smallest absolute Gasteiger partial charge is 0.0207 e. The van der Waals surface area contributed by atoms with Gasteiger partial charge in [-0.1, -0.05) is 20.4 Å². The quantitative estimate of drug-likeness (QED) is 0.619. The molecule has 0 aliphatic heterocycles. The zero-order valence-corrected chi connectivity index (χ0v) is 7.72. The highest BCUT2D eigenvalue weighted by Gasteiger charge is 2.06. The van der Waals surface area contributed by atoms with Gasteiger partial charge in [-0.25, -0.2) is 0 Å². The van der Waals surface area contributed by atoms with Crippen LogP contribution in [0.1, 0.15) is 20.3 Å². The molecule has 2 N–H and O–H groups in total. The Balaban J connectivity index is 2.90. The average Bonchev–Trinajstić information content (AvgIpc) is 2.03. The fourth-order valence-corrected chi connectivity index (χ4v) is 1.06. The van der Waals surface area contributed by atoms with E-state index in [-0.39, 0.29) is 0 Å². The largest absolute Gasteiger partial charge is 0.402 e. The summed E-state index contributed by atoms with van der Waals surface area (Å²) >= 11 is 0. The van der Waals surface area contributed by atoms with E-state index in [1.54, 1.807) is 0 Å². The highest BCUT2D eigenvalue weighted by atomic mass is 14.6. The van der Waals surface area contributed by atoms with Gasteiger partial charge >= 0.3 is 0 Å². The van der Waals surface area contributed by atoms with Crippen LogP contribution in [-0.4, -0.2) is 0 Å². The summed E-state index contributed by atoms with van der Waals surface area (Å²) in [5, 5.41) is 0. The number of allylic oxidation sites excluding steroid dienone is 3. The summed E-state index contributed by atoms with van der Waals surface area (Å²) in [5.74, 6) is 0.461. The van der Waals surface area contributed by atoms with Gasteiger partial charge in [0.15, 0.2) is 0 Å². The van der Waals surface area contributed by atoms with E-state index < -0.39 is 0 Å². The Morgan fingerprint density at radius 1 is 1.67 bits per heavy atom. The predicted octanol–water partition coefficient (Wildman–Crippen LogP) is 2.53. The monoisotopic (exact) mass is 161 g/mol. The van der Waals surface area contributed by atoms with Crippen molar-refractivity contribution in [3.8, 4) is 0 Å². The van der Waals surface area contributed by atoms with Gasteiger partial charge in [0.1, 0.15) is 0 Å². The third kappa shape index (κ3) is 1.90. The summed E-state index contributed by atoms with van der Waals surface area (Å²) in [4.78, 5) is 0. The van der Waals surface area contributed by atoms with Crippen molar-refractivity contribution in [2.75, 3.05) is 0 Å². The van der Waals surface area contributed by atoms with Crippen LogP contribution >= 0.6 is 0 Å². The van der Waals surface area contributed by atoms with Crippen LogP contribution in [-0.2, 0) is 0 Å². The highest BCUT2D eigenvalue weighted by molar-refractivity contribution is 5.42. The Kier molecular flexibility index (Phi) is 2.57. The normalized spacial score (nSPS) is 15.9. The van der Waals surface area contributed by atoms with Crippen LogP contribution in [0, 0.1) is 5.92 Å². The Hall–Kier alpha value is -1.20. The molecule has 0 heterocycles. The van der Waals surface area contributed by atoms with Crippen molar-refractivity contribution in [2.24, 2.45) is 11.7 Å². The standard InChI is InChI=1S/C11H15N/c1-8(2)9(3)10-5-4-6-11(12)7-10/h4,7-8H,3,6,12H2,1-2H3. The lowest BCUT2D eigenvalue weighted by atomic mass is 9.95. The molecule has 1 nitrogen and oxygen atoms in total. The second kappa shape index (κ2) is 3.46. The molecular weight excluding hydrogens is 146 g/mol. The number of nitrogens with two attached hydrogens (primary N) is 1. The molecule has 0 aromatic carbocycles. The molecule has 0 spiro atoms. The first kappa shape index (κ1) is 8.89. The second-order valence-corrected chi connectivity index (χ2v) is 3.37. The lowest BCUT2D eigenvalue weighted by molar-refractivity contribution is 0.785. The van der Waals surface area contributed by atoms with Crippen LogP contribution in [0.4, 0.5) is 0 Å². The first-order chi connectivity index (χ1) is 5.61. The first-order valence-electron chi connectivity index (χ1n) is 4.21. The van der Waals surface area contributed by atoms with Crippen LogP contribution in [0.15, 0.2) is 41.3 Å². The van der Waals surface area contributed by atoms with Crippen LogP contribution in [0.5, 0.6) is 0 Å². The molecular formula is C11H15N. The van der Waals surface area contributed by atoms with E-state index in [1.807, 2.05) is 12.2 Å². The van der Waals surface area contributed by atoms with Gasteiger partial charge in [0, 0.05) is 17.7 Å². The number of hydrogen-bond acceptors (Lipinski definition) is 1. The lowest BCUT2D eigenvalue weighted by Crippen LogP contribution is -2.02. The molecule has 0 bridgehead atoms. The molecule has 1 rings (SSSR count). The fourth-order valence-electron chi connectivity index (χ4n) is 1.06. The molecule has 0 saturated carbocycles. The molecule has 0 fully saturated rings. The molecule has 0 atom stereocenters. The molecule has 0 aromatic heterocycles. The summed E-state index contributed by atoms with van der Waals surface area (Å²) < 4.78 is 0. The molecule has 1 heteroatoms. The minimum absolute atomic E-state index is 0.461. The van der Waals surface area contributed by atoms with E-state index in [0.717, 1.165) is 23.3 Å². The van der Waals surface area contributed by atoms with Gasteiger partial charge < -0.3 is 5.73 Å². The Labute approximate surface area is 74.0 Å². The van der Waals surface area contributed by atoms with Crippen molar-refractivity contribution in [3.05, 3.63) is 41.3 Å². The molecule has 0 radical (unpaired) electrons. The maximum Gasteiger partial charge on any atom is 0.0207 e. The van der Waals surface area contributed by atoms with E-state index in [9.17, 15) is 0 Å². The van der Waals surface area contributed by atoms with Crippen LogP contribution in [0.3, 0.4) is 0 Å². The third-order valence-electron chi connectivity index (χ3n) is 1.97. The highest BCUT2D eigenvalue weighted by Crippen LogP contribution is 2.20. The molecule has 0 aromatic rings. The molecule has 0 saturated heterocycles. The van der Waals surface area contributed by atoms with Gasteiger partial charge in [0.25, 0.3) is 0 Å². The maximum atomic E-state index is 5.69. The summed E-state index contributed by atoms with van der Waals surface area (Å²) in [6, 6.07) is 0. The van der Waals surface area contributed by atoms with Crippen molar-refractivity contribution in [3.63, 3.8) is 0 Å². The third-order valence-corrected chi connectivity index (χ3v) is 1.97. The summed E-state index contributed by atoms with van der Waals surface area (Å²) in [6.07, 6.45) is 4.73. The molecule has 1 aliphatic rings. The van der Waals surface area contributed by atoms with E-state index in [4.69, 9.17) is 5.73 Å². The first-order valence-corrected chi connectivity index (χ1v) is 4.21. The van der Waals surface area contributed by atoms with Crippen LogP contribution in [0.25, 0.3) is 0 Å². The van der Waals surface area contributed by atoms with E-state index in [2.05, 4.69) is 26.2 Å². The zero-order valence-electron chi connectivity index (χ0n) is 7.72. The predicted molar refractivity (Wildman–Crippen MR) is 52.5 cm³/mol. The Morgan fingerprint density at radius 2 is 2.33 bits per heavy atom. The topological polar surface area (TPSA) is 26.0 Å². The minimum Gasteiger partial charge on any atom is -0.402 e. The van der Waals surface area contributed by atoms with Gasteiger partial charge in [-0.05, 0) is 23.6 Å². The molecule has 12 heavy (non-hydrogen) atoms. The van der Waals surface area contributed by atoms with Gasteiger partial charge in [0.2, 0.25) is 0 Å². The van der Waals surface area contributed by atoms with Crippen molar-refractivity contribution < 1.29 is 0 Å². The average molecular weight is 161 g/mol. The zero-order chi connectivity index (χ0) is 9.14. The van der Waals surface area contributed by atoms with E-state index in [1.165, 1.54) is 0 Å². The number of hydrogen-bond donors (Lipinski definition) is 1. The molecule has 0 amide bonds. The Bertz CT molecular complexity index is 286. The van der Waals surface area contributed by atoms with E-state index in [0.29, 0.717) is 5.92 Å². The van der Waals surface area contributed by atoms with E-state index >= 15 is 0 Å². The number of rotatable bonds is 2. The molecule has 64 valence electrons. The maximum absolute atomic E-state index is 5.69. The van der Waals surface area contributed by atoms with Gasteiger partial charge in [-0.2, -0.15) is 0 Å². The van der Waals surface area contributed by atoms with Crippen molar-refractivity contribution in [1.82, 2.24) is 0 Å². The summed E-state index contributed by atoms with van der Waals surface area (Å²) in [6.45, 7) is 8.23.